The monoisotopic (exact) mass is 301 g/mol. The number of nitrogens with one attached hydrogen (secondary N) is 1. The van der Waals surface area contributed by atoms with Crippen molar-refractivity contribution in [3.8, 4) is 0 Å². The Morgan fingerprint density at radius 3 is 2.76 bits per heavy atom. The molecule has 1 aliphatic heterocycles. The third-order valence-electron chi connectivity index (χ3n) is 3.87. The van der Waals surface area contributed by atoms with Crippen LogP contribution >= 0.6 is 0 Å². The standard InChI is InChI=1S/C17H19NO2S/c1-21(19,20)17-7-3-2-5-15(17)12-13-8-9-16-14(11-13)6-4-10-18-16/h2-3,5,7-9,11,18H,4,6,10,12H2,1H3. The predicted octanol–water partition coefficient (Wildman–Crippen LogP) is 3.04. The molecule has 4 heteroatoms. The molecule has 2 aromatic rings. The number of hydrogen-bond acceptors (Lipinski definition) is 3. The van der Waals surface area contributed by atoms with Gasteiger partial charge >= 0.3 is 0 Å². The summed E-state index contributed by atoms with van der Waals surface area (Å²) in [4.78, 5) is 0.431. The van der Waals surface area contributed by atoms with Crippen molar-refractivity contribution in [3.63, 3.8) is 0 Å². The van der Waals surface area contributed by atoms with Crippen molar-refractivity contribution in [3.05, 3.63) is 59.2 Å². The highest BCUT2D eigenvalue weighted by molar-refractivity contribution is 7.90. The summed E-state index contributed by atoms with van der Waals surface area (Å²) in [6.07, 6.45) is 4.15. The maximum atomic E-state index is 11.9. The summed E-state index contributed by atoms with van der Waals surface area (Å²) in [6.45, 7) is 1.03. The largest absolute Gasteiger partial charge is 0.385 e. The van der Waals surface area contributed by atoms with Gasteiger partial charge in [0.25, 0.3) is 0 Å². The molecular formula is C17H19NO2S. The highest BCUT2D eigenvalue weighted by atomic mass is 32.2. The maximum Gasteiger partial charge on any atom is 0.175 e. The zero-order valence-electron chi connectivity index (χ0n) is 12.1. The van der Waals surface area contributed by atoms with E-state index in [1.165, 1.54) is 17.5 Å². The lowest BCUT2D eigenvalue weighted by molar-refractivity contribution is 0.601. The average Bonchev–Trinajstić information content (AvgIpc) is 2.46. The Kier molecular flexibility index (Phi) is 3.72. The third kappa shape index (κ3) is 3.10. The Balaban J connectivity index is 1.94. The molecule has 0 saturated heterocycles. The minimum Gasteiger partial charge on any atom is -0.385 e. The van der Waals surface area contributed by atoms with Crippen LogP contribution in [-0.2, 0) is 22.7 Å². The number of anilines is 1. The summed E-state index contributed by atoms with van der Waals surface area (Å²) >= 11 is 0. The van der Waals surface area contributed by atoms with Crippen LogP contribution in [0.2, 0.25) is 0 Å². The van der Waals surface area contributed by atoms with Crippen molar-refractivity contribution >= 4 is 15.5 Å². The van der Waals surface area contributed by atoms with Gasteiger partial charge in [0.05, 0.1) is 4.90 Å². The predicted molar refractivity (Wildman–Crippen MR) is 85.6 cm³/mol. The highest BCUT2D eigenvalue weighted by Gasteiger charge is 2.14. The molecule has 0 unspecified atom stereocenters. The molecule has 0 radical (unpaired) electrons. The molecule has 110 valence electrons. The van der Waals surface area contributed by atoms with Crippen LogP contribution in [0, 0.1) is 0 Å². The molecule has 0 aliphatic carbocycles. The number of rotatable bonds is 3. The molecule has 0 fully saturated rings. The number of benzene rings is 2. The molecule has 1 N–H and O–H groups in total. The summed E-state index contributed by atoms with van der Waals surface area (Å²) < 4.78 is 23.7. The lowest BCUT2D eigenvalue weighted by atomic mass is 9.97. The van der Waals surface area contributed by atoms with Gasteiger partial charge in [0.1, 0.15) is 0 Å². The van der Waals surface area contributed by atoms with E-state index in [1.54, 1.807) is 12.1 Å². The summed E-state index contributed by atoms with van der Waals surface area (Å²) in [5.74, 6) is 0. The second kappa shape index (κ2) is 5.53. The topological polar surface area (TPSA) is 46.2 Å². The van der Waals surface area contributed by atoms with Gasteiger partial charge in [-0.25, -0.2) is 8.42 Å². The van der Waals surface area contributed by atoms with E-state index in [-0.39, 0.29) is 0 Å². The SMILES string of the molecule is CS(=O)(=O)c1ccccc1Cc1ccc2c(c1)CCCN2. The third-order valence-corrected chi connectivity index (χ3v) is 5.07. The van der Waals surface area contributed by atoms with Crippen LogP contribution in [0.25, 0.3) is 0 Å². The van der Waals surface area contributed by atoms with Crippen molar-refractivity contribution in [1.29, 1.82) is 0 Å². The van der Waals surface area contributed by atoms with E-state index < -0.39 is 9.84 Å². The van der Waals surface area contributed by atoms with Crippen LogP contribution < -0.4 is 5.32 Å². The first kappa shape index (κ1) is 14.1. The molecule has 1 heterocycles. The minimum atomic E-state index is -3.18. The quantitative estimate of drug-likeness (QED) is 0.948. The van der Waals surface area contributed by atoms with Crippen molar-refractivity contribution in [2.24, 2.45) is 0 Å². The van der Waals surface area contributed by atoms with E-state index in [1.807, 2.05) is 12.1 Å². The molecule has 0 saturated carbocycles. The van der Waals surface area contributed by atoms with Crippen LogP contribution in [0.15, 0.2) is 47.4 Å². The van der Waals surface area contributed by atoms with E-state index in [4.69, 9.17) is 0 Å². The lowest BCUT2D eigenvalue weighted by Crippen LogP contribution is -2.12. The molecule has 0 bridgehead atoms. The summed E-state index contributed by atoms with van der Waals surface area (Å²) in [5.41, 5.74) is 4.56. The Morgan fingerprint density at radius 2 is 1.95 bits per heavy atom. The maximum absolute atomic E-state index is 11.9. The second-order valence-corrected chi connectivity index (χ2v) is 7.56. The van der Waals surface area contributed by atoms with Crippen LogP contribution in [-0.4, -0.2) is 21.2 Å². The molecule has 0 amide bonds. The first-order valence-electron chi connectivity index (χ1n) is 7.18. The number of hydrogen-bond donors (Lipinski definition) is 1. The zero-order chi connectivity index (χ0) is 14.9. The fourth-order valence-electron chi connectivity index (χ4n) is 2.87. The Hall–Kier alpha value is -1.81. The van der Waals surface area contributed by atoms with Crippen molar-refractivity contribution in [2.45, 2.75) is 24.2 Å². The molecule has 0 spiro atoms. The van der Waals surface area contributed by atoms with Crippen molar-refractivity contribution in [1.82, 2.24) is 0 Å². The summed E-state index contributed by atoms with van der Waals surface area (Å²) in [5, 5.41) is 3.39. The smallest absolute Gasteiger partial charge is 0.175 e. The van der Waals surface area contributed by atoms with Gasteiger partial charge < -0.3 is 5.32 Å². The summed E-state index contributed by atoms with van der Waals surface area (Å²) in [6, 6.07) is 13.6. The van der Waals surface area contributed by atoms with Crippen LogP contribution in [0.3, 0.4) is 0 Å². The van der Waals surface area contributed by atoms with E-state index in [0.717, 1.165) is 30.5 Å². The van der Waals surface area contributed by atoms with Crippen LogP contribution in [0.5, 0.6) is 0 Å². The molecule has 2 aromatic carbocycles. The molecular weight excluding hydrogens is 282 g/mol. The van der Waals surface area contributed by atoms with Gasteiger partial charge in [0.15, 0.2) is 9.84 Å². The molecule has 0 atom stereocenters. The van der Waals surface area contributed by atoms with Gasteiger partial charge in [0.2, 0.25) is 0 Å². The fourth-order valence-corrected chi connectivity index (χ4v) is 3.81. The molecule has 0 aromatic heterocycles. The number of aryl methyl sites for hydroxylation is 1. The van der Waals surface area contributed by atoms with E-state index in [0.29, 0.717) is 11.3 Å². The fraction of sp³-hybridized carbons (Fsp3) is 0.294. The van der Waals surface area contributed by atoms with Crippen molar-refractivity contribution < 1.29 is 8.42 Å². The Bertz CT molecular complexity index is 766. The first-order valence-corrected chi connectivity index (χ1v) is 9.07. The number of fused-ring (bicyclic) bond motifs is 1. The Morgan fingerprint density at radius 1 is 1.14 bits per heavy atom. The Labute approximate surface area is 125 Å². The van der Waals surface area contributed by atoms with E-state index in [2.05, 4.69) is 23.5 Å². The van der Waals surface area contributed by atoms with Crippen molar-refractivity contribution in [2.75, 3.05) is 18.1 Å². The minimum absolute atomic E-state index is 0.431. The van der Waals surface area contributed by atoms with E-state index in [9.17, 15) is 8.42 Å². The molecule has 1 aliphatic rings. The highest BCUT2D eigenvalue weighted by Crippen LogP contribution is 2.25. The molecule has 3 rings (SSSR count). The zero-order valence-corrected chi connectivity index (χ0v) is 12.9. The first-order chi connectivity index (χ1) is 10.0. The normalized spacial score (nSPS) is 14.3. The van der Waals surface area contributed by atoms with Gasteiger partial charge in [-0.05, 0) is 48.1 Å². The van der Waals surface area contributed by atoms with Gasteiger partial charge in [-0.15, -0.1) is 0 Å². The van der Waals surface area contributed by atoms with Gasteiger partial charge in [-0.2, -0.15) is 0 Å². The van der Waals surface area contributed by atoms with Crippen LogP contribution in [0.1, 0.15) is 23.1 Å². The lowest BCUT2D eigenvalue weighted by Gasteiger charge is -2.19. The summed E-state index contributed by atoms with van der Waals surface area (Å²) in [7, 11) is -3.18. The molecule has 3 nitrogen and oxygen atoms in total. The van der Waals surface area contributed by atoms with Gasteiger partial charge in [-0.1, -0.05) is 30.3 Å². The van der Waals surface area contributed by atoms with Crippen LogP contribution in [0.4, 0.5) is 5.69 Å². The second-order valence-electron chi connectivity index (χ2n) is 5.58. The molecule has 21 heavy (non-hydrogen) atoms. The van der Waals surface area contributed by atoms with Gasteiger partial charge in [0, 0.05) is 18.5 Å². The number of sulfone groups is 1. The van der Waals surface area contributed by atoms with Gasteiger partial charge in [-0.3, -0.25) is 0 Å². The van der Waals surface area contributed by atoms with E-state index >= 15 is 0 Å². The average molecular weight is 301 g/mol.